The van der Waals surface area contributed by atoms with E-state index in [4.69, 9.17) is 23.8 Å². The minimum atomic E-state index is 0.377. The summed E-state index contributed by atoms with van der Waals surface area (Å²) in [5.74, 6) is 0.483. The highest BCUT2D eigenvalue weighted by Crippen LogP contribution is 2.23. The van der Waals surface area contributed by atoms with Crippen LogP contribution >= 0.6 is 23.8 Å². The molecule has 0 aliphatic carbocycles. The Morgan fingerprint density at radius 2 is 1.85 bits per heavy atom. The summed E-state index contributed by atoms with van der Waals surface area (Å²) in [4.78, 5) is 0. The molecule has 0 aliphatic rings. The molecule has 2 aromatic carbocycles. The fourth-order valence-corrected chi connectivity index (χ4v) is 2.96. The summed E-state index contributed by atoms with van der Waals surface area (Å²) in [6, 6.07) is 19.4. The van der Waals surface area contributed by atoms with Gasteiger partial charge >= 0.3 is 0 Å². The summed E-state index contributed by atoms with van der Waals surface area (Å²) < 4.78 is 3.65. The molecular formula is C19H15ClN6S. The molecule has 0 fully saturated rings. The second-order valence-electron chi connectivity index (χ2n) is 5.89. The Bertz CT molecular complexity index is 1160. The molecule has 4 aromatic rings. The first-order chi connectivity index (χ1) is 13.1. The van der Waals surface area contributed by atoms with Crippen LogP contribution in [0.25, 0.3) is 17.2 Å². The van der Waals surface area contributed by atoms with Crippen LogP contribution in [0.5, 0.6) is 0 Å². The standard InChI is InChI=1S/C19H15ClN6S/c1-13-11-17(15-5-3-2-4-6-15)25(24-13)18-22-23-19(27)26(18)21-12-14-7-9-16(20)10-8-14/h2-12H,1H3,(H,23,27)/b21-12+. The van der Waals surface area contributed by atoms with Gasteiger partial charge in [0, 0.05) is 10.6 Å². The SMILES string of the molecule is Cc1cc(-c2ccccc2)n(-c2n[nH]c(=S)n2/N=C/c2ccc(Cl)cc2)n1. The van der Waals surface area contributed by atoms with Crippen LogP contribution < -0.4 is 0 Å². The first-order valence-electron chi connectivity index (χ1n) is 8.21. The Kier molecular flexibility index (Phi) is 4.70. The van der Waals surface area contributed by atoms with Gasteiger partial charge in [-0.15, -0.1) is 5.10 Å². The molecule has 0 spiro atoms. The molecule has 0 aliphatic heterocycles. The van der Waals surface area contributed by atoms with Crippen LogP contribution in [0.4, 0.5) is 0 Å². The molecule has 27 heavy (non-hydrogen) atoms. The third-order valence-electron chi connectivity index (χ3n) is 3.92. The molecule has 1 N–H and O–H groups in total. The number of halogens is 1. The third kappa shape index (κ3) is 3.60. The normalized spacial score (nSPS) is 11.3. The van der Waals surface area contributed by atoms with Crippen molar-refractivity contribution in [2.45, 2.75) is 6.92 Å². The lowest BCUT2D eigenvalue weighted by Gasteiger charge is -2.06. The number of aryl methyl sites for hydroxylation is 1. The fourth-order valence-electron chi connectivity index (χ4n) is 2.66. The van der Waals surface area contributed by atoms with E-state index in [1.54, 1.807) is 15.6 Å². The molecule has 0 atom stereocenters. The average molecular weight is 395 g/mol. The van der Waals surface area contributed by atoms with Gasteiger partial charge in [0.2, 0.25) is 4.77 Å². The van der Waals surface area contributed by atoms with Gasteiger partial charge in [0.1, 0.15) is 0 Å². The molecule has 2 aromatic heterocycles. The topological polar surface area (TPSA) is 63.8 Å². The van der Waals surface area contributed by atoms with Crippen LogP contribution in [-0.4, -0.2) is 30.9 Å². The quantitative estimate of drug-likeness (QED) is 0.405. The van der Waals surface area contributed by atoms with Crippen LogP contribution in [-0.2, 0) is 0 Å². The highest BCUT2D eigenvalue weighted by Gasteiger charge is 2.15. The largest absolute Gasteiger partial charge is 0.272 e. The van der Waals surface area contributed by atoms with Gasteiger partial charge in [-0.3, -0.25) is 0 Å². The van der Waals surface area contributed by atoms with E-state index in [2.05, 4.69) is 20.4 Å². The molecule has 0 radical (unpaired) electrons. The van der Waals surface area contributed by atoms with Gasteiger partial charge < -0.3 is 0 Å². The van der Waals surface area contributed by atoms with Crippen molar-refractivity contribution in [1.29, 1.82) is 0 Å². The molecule has 0 amide bonds. The maximum Gasteiger partial charge on any atom is 0.272 e. The Labute approximate surface area is 165 Å². The maximum absolute atomic E-state index is 5.93. The summed E-state index contributed by atoms with van der Waals surface area (Å²) in [5, 5.41) is 16.8. The number of H-pyrrole nitrogens is 1. The fraction of sp³-hybridized carbons (Fsp3) is 0.0526. The molecule has 0 saturated carbocycles. The van der Waals surface area contributed by atoms with Gasteiger partial charge in [0.25, 0.3) is 5.95 Å². The molecule has 8 heteroatoms. The smallest absolute Gasteiger partial charge is 0.248 e. The summed E-state index contributed by atoms with van der Waals surface area (Å²) >= 11 is 11.3. The molecular weight excluding hydrogens is 380 g/mol. The predicted molar refractivity (Wildman–Crippen MR) is 109 cm³/mol. The first kappa shape index (κ1) is 17.4. The van der Waals surface area contributed by atoms with Gasteiger partial charge in [-0.2, -0.15) is 19.6 Å². The summed E-state index contributed by atoms with van der Waals surface area (Å²) in [6.07, 6.45) is 1.70. The minimum Gasteiger partial charge on any atom is -0.248 e. The van der Waals surface area contributed by atoms with Crippen molar-refractivity contribution < 1.29 is 0 Å². The number of benzene rings is 2. The highest BCUT2D eigenvalue weighted by atomic mass is 35.5. The molecule has 0 unspecified atom stereocenters. The van der Waals surface area contributed by atoms with E-state index in [0.29, 0.717) is 15.7 Å². The number of nitrogens with one attached hydrogen (secondary N) is 1. The number of aromatic nitrogens is 5. The number of rotatable bonds is 4. The van der Waals surface area contributed by atoms with E-state index in [-0.39, 0.29) is 0 Å². The lowest BCUT2D eigenvalue weighted by molar-refractivity contribution is 0.733. The van der Waals surface area contributed by atoms with E-state index in [9.17, 15) is 0 Å². The van der Waals surface area contributed by atoms with Crippen LogP contribution in [0, 0.1) is 11.7 Å². The van der Waals surface area contributed by atoms with E-state index < -0.39 is 0 Å². The van der Waals surface area contributed by atoms with Gasteiger partial charge in [-0.05, 0) is 42.9 Å². The van der Waals surface area contributed by atoms with Crippen LogP contribution in [0.3, 0.4) is 0 Å². The average Bonchev–Trinajstić information content (AvgIpc) is 3.24. The van der Waals surface area contributed by atoms with Crippen molar-refractivity contribution in [2.24, 2.45) is 5.10 Å². The van der Waals surface area contributed by atoms with Crippen LogP contribution in [0.2, 0.25) is 5.02 Å². The van der Waals surface area contributed by atoms with Crippen molar-refractivity contribution in [1.82, 2.24) is 24.7 Å². The lowest BCUT2D eigenvalue weighted by Crippen LogP contribution is -2.07. The monoisotopic (exact) mass is 394 g/mol. The van der Waals surface area contributed by atoms with Crippen molar-refractivity contribution in [3.63, 3.8) is 0 Å². The third-order valence-corrected chi connectivity index (χ3v) is 4.43. The zero-order valence-corrected chi connectivity index (χ0v) is 15.9. The lowest BCUT2D eigenvalue weighted by atomic mass is 10.1. The summed E-state index contributed by atoms with van der Waals surface area (Å²) in [6.45, 7) is 1.94. The zero-order valence-electron chi connectivity index (χ0n) is 14.4. The predicted octanol–water partition coefficient (Wildman–Crippen LogP) is 4.64. The van der Waals surface area contributed by atoms with Crippen molar-refractivity contribution in [3.8, 4) is 17.2 Å². The van der Waals surface area contributed by atoms with Crippen LogP contribution in [0.15, 0.2) is 65.8 Å². The number of aromatic amines is 1. The second-order valence-corrected chi connectivity index (χ2v) is 6.71. The molecule has 0 saturated heterocycles. The van der Waals surface area contributed by atoms with E-state index >= 15 is 0 Å². The summed E-state index contributed by atoms with van der Waals surface area (Å²) in [7, 11) is 0. The van der Waals surface area contributed by atoms with Gasteiger partial charge in [0.15, 0.2) is 0 Å². The second kappa shape index (κ2) is 7.30. The van der Waals surface area contributed by atoms with Crippen molar-refractivity contribution >= 4 is 30.0 Å². The number of nitrogens with zero attached hydrogens (tertiary/aromatic N) is 5. The Morgan fingerprint density at radius 3 is 2.59 bits per heavy atom. The van der Waals surface area contributed by atoms with E-state index in [1.165, 1.54) is 0 Å². The molecule has 134 valence electrons. The Balaban J connectivity index is 1.79. The number of hydrogen-bond acceptors (Lipinski definition) is 4. The van der Waals surface area contributed by atoms with Gasteiger partial charge in [-0.1, -0.05) is 54.1 Å². The zero-order chi connectivity index (χ0) is 18.8. The van der Waals surface area contributed by atoms with Crippen molar-refractivity contribution in [2.75, 3.05) is 0 Å². The molecule has 0 bridgehead atoms. The molecule has 6 nitrogen and oxygen atoms in total. The minimum absolute atomic E-state index is 0.377. The van der Waals surface area contributed by atoms with Gasteiger partial charge in [0.05, 0.1) is 17.6 Å². The van der Waals surface area contributed by atoms with E-state index in [1.807, 2.05) is 67.6 Å². The molecule has 2 heterocycles. The van der Waals surface area contributed by atoms with Crippen LogP contribution in [0.1, 0.15) is 11.3 Å². The van der Waals surface area contributed by atoms with Gasteiger partial charge in [-0.25, -0.2) is 5.10 Å². The van der Waals surface area contributed by atoms with E-state index in [0.717, 1.165) is 22.5 Å². The maximum atomic E-state index is 5.93. The molecule has 4 rings (SSSR count). The van der Waals surface area contributed by atoms with Crippen molar-refractivity contribution in [3.05, 3.63) is 81.7 Å². The Hall–Kier alpha value is -3.03. The summed E-state index contributed by atoms with van der Waals surface area (Å²) in [5.41, 5.74) is 3.70. The first-order valence-corrected chi connectivity index (χ1v) is 9.00. The Morgan fingerprint density at radius 1 is 1.11 bits per heavy atom. The highest BCUT2D eigenvalue weighted by molar-refractivity contribution is 7.71. The number of hydrogen-bond donors (Lipinski definition) is 1.